The van der Waals surface area contributed by atoms with Gasteiger partial charge in [0.05, 0.1) is 17.4 Å². The van der Waals surface area contributed by atoms with E-state index in [2.05, 4.69) is 5.10 Å². The molecule has 0 aliphatic carbocycles. The minimum Gasteiger partial charge on any atom is -0.543 e. The van der Waals surface area contributed by atoms with Crippen molar-refractivity contribution in [2.45, 2.75) is 33.2 Å². The summed E-state index contributed by atoms with van der Waals surface area (Å²) in [7, 11) is 0. The second-order valence-electron chi connectivity index (χ2n) is 2.87. The maximum atomic E-state index is 10.6. The van der Waals surface area contributed by atoms with Crippen LogP contribution in [0.5, 0.6) is 0 Å². The molecule has 4 heteroatoms. The number of hydrogen-bond donors (Lipinski definition) is 0. The molecule has 0 radical (unpaired) electrons. The summed E-state index contributed by atoms with van der Waals surface area (Å²) in [4.78, 5) is 10.6. The molecular weight excluding hydrogens is 168 g/mol. The number of nitrogens with zero attached hydrogens (tertiary/aromatic N) is 2. The van der Waals surface area contributed by atoms with Crippen LogP contribution in [0, 0.1) is 0 Å². The first-order valence-electron chi connectivity index (χ1n) is 4.47. The zero-order chi connectivity index (χ0) is 9.84. The molecule has 0 aromatic carbocycles. The maximum absolute atomic E-state index is 10.6. The fourth-order valence-corrected chi connectivity index (χ4v) is 1.25. The zero-order valence-corrected chi connectivity index (χ0v) is 7.91. The lowest BCUT2D eigenvalue weighted by Gasteiger charge is -2.03. The Balaban J connectivity index is 2.97. The number of carboxylic acid groups (broad SMARTS) is 1. The van der Waals surface area contributed by atoms with Crippen LogP contribution in [0.3, 0.4) is 0 Å². The van der Waals surface area contributed by atoms with Crippen LogP contribution in [0.4, 0.5) is 0 Å². The van der Waals surface area contributed by atoms with Gasteiger partial charge in [-0.3, -0.25) is 4.68 Å². The number of hydrogen-bond acceptors (Lipinski definition) is 3. The van der Waals surface area contributed by atoms with Gasteiger partial charge in [-0.25, -0.2) is 0 Å². The predicted octanol–water partition coefficient (Wildman–Crippen LogP) is 0.219. The third-order valence-corrected chi connectivity index (χ3v) is 1.85. The Morgan fingerprint density at radius 3 is 2.69 bits per heavy atom. The lowest BCUT2D eigenvalue weighted by Crippen LogP contribution is -2.25. The zero-order valence-electron chi connectivity index (χ0n) is 7.91. The molecule has 0 aliphatic rings. The van der Waals surface area contributed by atoms with Crippen LogP contribution < -0.4 is 5.11 Å². The van der Waals surface area contributed by atoms with Crippen molar-refractivity contribution >= 4 is 5.97 Å². The molecule has 1 aromatic heterocycles. The summed E-state index contributed by atoms with van der Waals surface area (Å²) < 4.78 is 1.46. The molecule has 0 bridgehead atoms. The van der Waals surface area contributed by atoms with Crippen molar-refractivity contribution in [3.8, 4) is 0 Å². The fourth-order valence-electron chi connectivity index (χ4n) is 1.25. The first kappa shape index (κ1) is 9.77. The van der Waals surface area contributed by atoms with Gasteiger partial charge in [-0.1, -0.05) is 13.3 Å². The predicted molar refractivity (Wildman–Crippen MR) is 46.2 cm³/mol. The van der Waals surface area contributed by atoms with Crippen molar-refractivity contribution in [1.29, 1.82) is 0 Å². The Kier molecular flexibility index (Phi) is 3.06. The van der Waals surface area contributed by atoms with E-state index in [1.165, 1.54) is 4.68 Å². The van der Waals surface area contributed by atoms with E-state index in [0.29, 0.717) is 6.54 Å². The Morgan fingerprint density at radius 1 is 1.62 bits per heavy atom. The molecule has 0 N–H and O–H groups in total. The molecule has 72 valence electrons. The third kappa shape index (κ3) is 2.08. The van der Waals surface area contributed by atoms with E-state index in [9.17, 15) is 9.90 Å². The van der Waals surface area contributed by atoms with Gasteiger partial charge in [0.2, 0.25) is 0 Å². The largest absolute Gasteiger partial charge is 0.543 e. The number of aromatic carboxylic acids is 1. The highest BCUT2D eigenvalue weighted by molar-refractivity contribution is 5.83. The van der Waals surface area contributed by atoms with Crippen molar-refractivity contribution in [3.63, 3.8) is 0 Å². The van der Waals surface area contributed by atoms with E-state index in [1.807, 2.05) is 13.8 Å². The van der Waals surface area contributed by atoms with Gasteiger partial charge >= 0.3 is 0 Å². The summed E-state index contributed by atoms with van der Waals surface area (Å²) in [5.74, 6) is -1.16. The number of aromatic nitrogens is 2. The van der Waals surface area contributed by atoms with Crippen molar-refractivity contribution in [2.24, 2.45) is 0 Å². The van der Waals surface area contributed by atoms with Gasteiger partial charge in [0.15, 0.2) is 0 Å². The number of aryl methyl sites for hydroxylation is 2. The van der Waals surface area contributed by atoms with Crippen LogP contribution in [0.1, 0.15) is 36.5 Å². The SMILES string of the molecule is CCCc1cc(C(=O)[O-])n(CC)n1. The van der Waals surface area contributed by atoms with Gasteiger partial charge in [0, 0.05) is 6.54 Å². The topological polar surface area (TPSA) is 57.9 Å². The first-order valence-corrected chi connectivity index (χ1v) is 4.47. The van der Waals surface area contributed by atoms with Crippen LogP contribution in [0.2, 0.25) is 0 Å². The number of carbonyl (C=O) groups is 1. The third-order valence-electron chi connectivity index (χ3n) is 1.85. The van der Waals surface area contributed by atoms with Crippen LogP contribution >= 0.6 is 0 Å². The molecule has 0 saturated heterocycles. The molecule has 0 aliphatic heterocycles. The van der Waals surface area contributed by atoms with Gasteiger partial charge < -0.3 is 9.90 Å². The molecule has 0 saturated carbocycles. The molecular formula is C9H13N2O2-. The van der Waals surface area contributed by atoms with Crippen molar-refractivity contribution in [3.05, 3.63) is 17.5 Å². The standard InChI is InChI=1S/C9H14N2O2/c1-3-5-7-6-8(9(12)13)11(4-2)10-7/h6H,3-5H2,1-2H3,(H,12,13)/p-1. The molecule has 13 heavy (non-hydrogen) atoms. The molecule has 0 unspecified atom stereocenters. The number of carboxylic acids is 1. The number of rotatable bonds is 4. The van der Waals surface area contributed by atoms with Gasteiger partial charge in [0.25, 0.3) is 0 Å². The van der Waals surface area contributed by atoms with E-state index in [0.717, 1.165) is 18.5 Å². The van der Waals surface area contributed by atoms with E-state index in [-0.39, 0.29) is 5.69 Å². The van der Waals surface area contributed by atoms with E-state index < -0.39 is 5.97 Å². The van der Waals surface area contributed by atoms with Gasteiger partial charge in [-0.15, -0.1) is 0 Å². The van der Waals surface area contributed by atoms with Crippen LogP contribution in [0.15, 0.2) is 6.07 Å². The minimum absolute atomic E-state index is 0.172. The van der Waals surface area contributed by atoms with Crippen molar-refractivity contribution < 1.29 is 9.90 Å². The Labute approximate surface area is 77.2 Å². The second-order valence-corrected chi connectivity index (χ2v) is 2.87. The highest BCUT2D eigenvalue weighted by Gasteiger charge is 2.05. The monoisotopic (exact) mass is 181 g/mol. The quantitative estimate of drug-likeness (QED) is 0.667. The van der Waals surface area contributed by atoms with Crippen molar-refractivity contribution in [2.75, 3.05) is 0 Å². The van der Waals surface area contributed by atoms with E-state index in [1.54, 1.807) is 6.07 Å². The van der Waals surface area contributed by atoms with Crippen LogP contribution in [-0.4, -0.2) is 15.7 Å². The molecule has 0 atom stereocenters. The summed E-state index contributed by atoms with van der Waals surface area (Å²) in [6, 6.07) is 1.59. The highest BCUT2D eigenvalue weighted by atomic mass is 16.4. The van der Waals surface area contributed by atoms with Crippen LogP contribution in [-0.2, 0) is 13.0 Å². The Hall–Kier alpha value is -1.32. The Morgan fingerprint density at radius 2 is 2.31 bits per heavy atom. The summed E-state index contributed by atoms with van der Waals surface area (Å²) in [6.45, 7) is 4.45. The summed E-state index contributed by atoms with van der Waals surface area (Å²) in [5, 5.41) is 14.8. The summed E-state index contributed by atoms with van der Waals surface area (Å²) in [5.41, 5.74) is 0.995. The van der Waals surface area contributed by atoms with Gasteiger partial charge in [-0.2, -0.15) is 5.10 Å². The summed E-state index contributed by atoms with van der Waals surface area (Å²) in [6.07, 6.45) is 1.78. The summed E-state index contributed by atoms with van der Waals surface area (Å²) >= 11 is 0. The molecule has 1 rings (SSSR count). The average Bonchev–Trinajstić information content (AvgIpc) is 2.48. The molecule has 1 aromatic rings. The Bertz CT molecular complexity index is 305. The smallest absolute Gasteiger partial charge is 0.0896 e. The van der Waals surface area contributed by atoms with Crippen LogP contribution in [0.25, 0.3) is 0 Å². The lowest BCUT2D eigenvalue weighted by atomic mass is 10.2. The molecule has 0 spiro atoms. The maximum Gasteiger partial charge on any atom is 0.0896 e. The lowest BCUT2D eigenvalue weighted by molar-refractivity contribution is -0.255. The van der Waals surface area contributed by atoms with Crippen molar-refractivity contribution in [1.82, 2.24) is 9.78 Å². The van der Waals surface area contributed by atoms with E-state index in [4.69, 9.17) is 0 Å². The first-order chi connectivity index (χ1) is 6.19. The van der Waals surface area contributed by atoms with Gasteiger partial charge in [-0.05, 0) is 19.4 Å². The van der Waals surface area contributed by atoms with Gasteiger partial charge in [0.1, 0.15) is 0 Å². The fraction of sp³-hybridized carbons (Fsp3) is 0.556. The second kappa shape index (κ2) is 4.07. The molecule has 4 nitrogen and oxygen atoms in total. The molecule has 0 fully saturated rings. The highest BCUT2D eigenvalue weighted by Crippen LogP contribution is 2.05. The number of carbonyl (C=O) groups excluding carboxylic acids is 1. The molecule has 0 amide bonds. The average molecular weight is 181 g/mol. The minimum atomic E-state index is -1.16. The normalized spacial score (nSPS) is 10.3. The molecule has 1 heterocycles. The van der Waals surface area contributed by atoms with E-state index >= 15 is 0 Å².